The third kappa shape index (κ3) is 1.69. The molecule has 0 N–H and O–H groups in total. The molecule has 0 atom stereocenters. The highest BCUT2D eigenvalue weighted by atomic mass is 35.5. The Labute approximate surface area is 91.8 Å². The summed E-state index contributed by atoms with van der Waals surface area (Å²) in [6.07, 6.45) is 3.51. The summed E-state index contributed by atoms with van der Waals surface area (Å²) >= 11 is 5.83. The van der Waals surface area contributed by atoms with Crippen LogP contribution in [0.4, 0.5) is 0 Å². The van der Waals surface area contributed by atoms with Crippen molar-refractivity contribution in [1.82, 2.24) is 14.5 Å². The van der Waals surface area contributed by atoms with E-state index >= 15 is 0 Å². The minimum absolute atomic E-state index is 0.206. The summed E-state index contributed by atoms with van der Waals surface area (Å²) in [6, 6.07) is 5.33. The second-order valence-corrected chi connectivity index (χ2v) is 3.37. The molecule has 0 aliphatic heterocycles. The van der Waals surface area contributed by atoms with Crippen molar-refractivity contribution in [2.24, 2.45) is 7.05 Å². The average Bonchev–Trinajstić information content (AvgIpc) is 2.64. The monoisotopic (exact) mass is 218 g/mol. The maximum absolute atomic E-state index is 8.70. The number of aryl methyl sites for hydroxylation is 1. The van der Waals surface area contributed by atoms with E-state index in [1.165, 1.54) is 0 Å². The molecular weight excluding hydrogens is 212 g/mol. The molecule has 0 spiro atoms. The van der Waals surface area contributed by atoms with Gasteiger partial charge in [-0.3, -0.25) is 0 Å². The fourth-order valence-corrected chi connectivity index (χ4v) is 1.45. The maximum Gasteiger partial charge on any atom is 0.158 e. The zero-order valence-corrected chi connectivity index (χ0v) is 8.73. The number of aromatic nitrogens is 3. The molecule has 5 heteroatoms. The Kier molecular flexibility index (Phi) is 2.40. The van der Waals surface area contributed by atoms with E-state index in [1.807, 2.05) is 23.9 Å². The lowest BCUT2D eigenvalue weighted by Crippen LogP contribution is -1.94. The van der Waals surface area contributed by atoms with Crippen molar-refractivity contribution in [3.63, 3.8) is 0 Å². The Morgan fingerprint density at radius 3 is 2.80 bits per heavy atom. The van der Waals surface area contributed by atoms with Gasteiger partial charge in [-0.1, -0.05) is 11.6 Å². The molecule has 4 nitrogen and oxygen atoms in total. The molecule has 0 aliphatic carbocycles. The van der Waals surface area contributed by atoms with Crippen LogP contribution in [0.25, 0.3) is 11.5 Å². The number of hydrogen-bond acceptors (Lipinski definition) is 3. The summed E-state index contributed by atoms with van der Waals surface area (Å²) in [5, 5.41) is 8.91. The molecule has 2 heterocycles. The zero-order chi connectivity index (χ0) is 10.8. The molecule has 0 fully saturated rings. The van der Waals surface area contributed by atoms with Crippen molar-refractivity contribution in [2.75, 3.05) is 0 Å². The highest BCUT2D eigenvalue weighted by Gasteiger charge is 2.07. The number of imidazole rings is 1. The van der Waals surface area contributed by atoms with Gasteiger partial charge in [-0.2, -0.15) is 5.26 Å². The van der Waals surface area contributed by atoms with Gasteiger partial charge in [-0.25, -0.2) is 9.97 Å². The van der Waals surface area contributed by atoms with Crippen LogP contribution in [-0.4, -0.2) is 14.5 Å². The Balaban J connectivity index is 2.53. The summed E-state index contributed by atoms with van der Waals surface area (Å²) in [5.41, 5.74) is 1.03. The van der Waals surface area contributed by atoms with E-state index in [4.69, 9.17) is 16.9 Å². The third-order valence-electron chi connectivity index (χ3n) is 2.02. The number of nitriles is 1. The van der Waals surface area contributed by atoms with E-state index in [-0.39, 0.29) is 5.15 Å². The first-order chi connectivity index (χ1) is 7.22. The van der Waals surface area contributed by atoms with Crippen LogP contribution in [0, 0.1) is 11.3 Å². The van der Waals surface area contributed by atoms with Gasteiger partial charge in [0.1, 0.15) is 16.9 Å². The minimum Gasteiger partial charge on any atom is -0.333 e. The van der Waals surface area contributed by atoms with E-state index < -0.39 is 0 Å². The van der Waals surface area contributed by atoms with Crippen molar-refractivity contribution in [2.45, 2.75) is 0 Å². The van der Waals surface area contributed by atoms with Crippen LogP contribution in [0.3, 0.4) is 0 Å². The summed E-state index contributed by atoms with van der Waals surface area (Å²) in [6.45, 7) is 0. The Morgan fingerprint density at radius 1 is 1.47 bits per heavy atom. The van der Waals surface area contributed by atoms with Gasteiger partial charge < -0.3 is 4.57 Å². The standard InChI is InChI=1S/C10H7ClN4/c1-15-5-4-13-10(15)8-3-2-7(6-12)9(11)14-8/h2-5H,1H3. The first kappa shape index (κ1) is 9.69. The van der Waals surface area contributed by atoms with Gasteiger partial charge in [0.05, 0.1) is 5.56 Å². The molecule has 0 aromatic carbocycles. The lowest BCUT2D eigenvalue weighted by Gasteiger charge is -2.01. The summed E-state index contributed by atoms with van der Waals surface area (Å²) in [4.78, 5) is 8.25. The second kappa shape index (κ2) is 3.71. The third-order valence-corrected chi connectivity index (χ3v) is 2.31. The summed E-state index contributed by atoms with van der Waals surface area (Å²) in [5.74, 6) is 0.724. The van der Waals surface area contributed by atoms with Gasteiger partial charge in [-0.15, -0.1) is 0 Å². The molecule has 0 bridgehead atoms. The van der Waals surface area contributed by atoms with E-state index in [2.05, 4.69) is 9.97 Å². The first-order valence-corrected chi connectivity index (χ1v) is 4.64. The SMILES string of the molecule is Cn1ccnc1-c1ccc(C#N)c(Cl)n1. The molecule has 2 rings (SSSR count). The molecule has 0 amide bonds. The zero-order valence-electron chi connectivity index (χ0n) is 7.98. The van der Waals surface area contributed by atoms with Crippen molar-refractivity contribution in [3.8, 4) is 17.6 Å². The number of halogens is 1. The molecule has 2 aromatic heterocycles. The van der Waals surface area contributed by atoms with Gasteiger partial charge in [-0.05, 0) is 12.1 Å². The molecular formula is C10H7ClN4. The van der Waals surface area contributed by atoms with Crippen LogP contribution < -0.4 is 0 Å². The number of pyridine rings is 1. The topological polar surface area (TPSA) is 54.5 Å². The van der Waals surface area contributed by atoms with Gasteiger partial charge in [0, 0.05) is 19.4 Å². The van der Waals surface area contributed by atoms with Gasteiger partial charge in [0.15, 0.2) is 5.82 Å². The average molecular weight is 219 g/mol. The fourth-order valence-electron chi connectivity index (χ4n) is 1.25. The Morgan fingerprint density at radius 2 is 2.27 bits per heavy atom. The molecule has 0 radical (unpaired) electrons. The molecule has 74 valence electrons. The normalized spacial score (nSPS) is 9.93. The van der Waals surface area contributed by atoms with Crippen LogP contribution in [-0.2, 0) is 7.05 Å². The lowest BCUT2D eigenvalue weighted by molar-refractivity contribution is 0.917. The van der Waals surface area contributed by atoms with E-state index in [0.29, 0.717) is 11.3 Å². The predicted molar refractivity (Wildman–Crippen MR) is 56.2 cm³/mol. The number of rotatable bonds is 1. The van der Waals surface area contributed by atoms with Crippen molar-refractivity contribution >= 4 is 11.6 Å². The number of hydrogen-bond donors (Lipinski definition) is 0. The highest BCUT2D eigenvalue weighted by Crippen LogP contribution is 2.19. The summed E-state index contributed by atoms with van der Waals surface area (Å²) in [7, 11) is 1.87. The molecule has 0 saturated carbocycles. The van der Waals surface area contributed by atoms with E-state index in [1.54, 1.807) is 18.3 Å². The quantitative estimate of drug-likeness (QED) is 0.688. The van der Waals surface area contributed by atoms with Gasteiger partial charge in [0.25, 0.3) is 0 Å². The van der Waals surface area contributed by atoms with Crippen LogP contribution >= 0.6 is 11.6 Å². The van der Waals surface area contributed by atoms with Crippen LogP contribution in [0.2, 0.25) is 5.15 Å². The highest BCUT2D eigenvalue weighted by molar-refractivity contribution is 6.30. The minimum atomic E-state index is 0.206. The molecule has 2 aromatic rings. The summed E-state index contributed by atoms with van der Waals surface area (Å²) < 4.78 is 1.84. The Bertz CT molecular complexity index is 539. The smallest absolute Gasteiger partial charge is 0.158 e. The predicted octanol–water partition coefficient (Wildman–Crippen LogP) is 2.01. The van der Waals surface area contributed by atoms with Crippen LogP contribution in [0.15, 0.2) is 24.5 Å². The first-order valence-electron chi connectivity index (χ1n) is 4.26. The van der Waals surface area contributed by atoms with Crippen molar-refractivity contribution in [3.05, 3.63) is 35.2 Å². The van der Waals surface area contributed by atoms with Crippen LogP contribution in [0.5, 0.6) is 0 Å². The lowest BCUT2D eigenvalue weighted by atomic mass is 10.2. The molecule has 0 saturated heterocycles. The largest absolute Gasteiger partial charge is 0.333 e. The molecule has 15 heavy (non-hydrogen) atoms. The van der Waals surface area contributed by atoms with Crippen LogP contribution in [0.1, 0.15) is 5.56 Å². The number of nitrogens with zero attached hydrogens (tertiary/aromatic N) is 4. The second-order valence-electron chi connectivity index (χ2n) is 3.01. The van der Waals surface area contributed by atoms with Crippen molar-refractivity contribution in [1.29, 1.82) is 5.26 Å². The van der Waals surface area contributed by atoms with E-state index in [0.717, 1.165) is 5.82 Å². The van der Waals surface area contributed by atoms with E-state index in [9.17, 15) is 0 Å². The van der Waals surface area contributed by atoms with Crippen molar-refractivity contribution < 1.29 is 0 Å². The Hall–Kier alpha value is -1.86. The van der Waals surface area contributed by atoms with Gasteiger partial charge >= 0.3 is 0 Å². The fraction of sp³-hybridized carbons (Fsp3) is 0.100. The maximum atomic E-state index is 8.70. The van der Waals surface area contributed by atoms with Gasteiger partial charge in [0.2, 0.25) is 0 Å². The molecule has 0 unspecified atom stereocenters. The molecule has 0 aliphatic rings.